The van der Waals surface area contributed by atoms with E-state index < -0.39 is 0 Å². The molecule has 0 radical (unpaired) electrons. The predicted octanol–water partition coefficient (Wildman–Crippen LogP) is 4.13. The number of nitrogens with zero attached hydrogens (tertiary/aromatic N) is 1. The van der Waals surface area contributed by atoms with Crippen LogP contribution in [0.3, 0.4) is 0 Å². The third-order valence-corrected chi connectivity index (χ3v) is 5.56. The van der Waals surface area contributed by atoms with Gasteiger partial charge in [-0.05, 0) is 53.6 Å². The molecule has 0 spiro atoms. The van der Waals surface area contributed by atoms with Crippen LogP contribution >= 0.6 is 22.7 Å². The molecule has 5 heteroatoms. The van der Waals surface area contributed by atoms with Crippen molar-refractivity contribution in [3.63, 3.8) is 0 Å². The number of nitrogens with two attached hydrogens (primary N) is 1. The zero-order valence-corrected chi connectivity index (χ0v) is 13.6. The van der Waals surface area contributed by atoms with Gasteiger partial charge in [-0.15, -0.1) is 22.7 Å². The number of carbonyl (C=O) groups excluding carboxylic acids is 1. The number of hydrogen-bond acceptors (Lipinski definition) is 4. The molecule has 3 rings (SSSR count). The van der Waals surface area contributed by atoms with Crippen LogP contribution in [-0.4, -0.2) is 17.9 Å². The van der Waals surface area contributed by atoms with Crippen LogP contribution in [0.5, 0.6) is 0 Å². The number of nitrogen functional groups attached to an aromatic ring is 1. The number of aryl methyl sites for hydroxylation is 1. The zero-order valence-electron chi connectivity index (χ0n) is 11.9. The molecule has 3 nitrogen and oxygen atoms in total. The second-order valence-electron chi connectivity index (χ2n) is 5.10. The van der Waals surface area contributed by atoms with Crippen molar-refractivity contribution in [3.05, 3.63) is 51.0 Å². The van der Waals surface area contributed by atoms with Crippen molar-refractivity contribution in [3.8, 4) is 0 Å². The maximum atomic E-state index is 12.5. The fourth-order valence-electron chi connectivity index (χ4n) is 2.21. The van der Waals surface area contributed by atoms with Crippen LogP contribution in [0.1, 0.15) is 20.1 Å². The maximum Gasteiger partial charge on any atom is 0.264 e. The van der Waals surface area contributed by atoms with Gasteiger partial charge in [-0.25, -0.2) is 0 Å². The number of rotatable bonds is 3. The average Bonchev–Trinajstić information content (AvgIpc) is 3.04. The Morgan fingerprint density at radius 3 is 2.81 bits per heavy atom. The van der Waals surface area contributed by atoms with E-state index in [-0.39, 0.29) is 5.91 Å². The second-order valence-corrected chi connectivity index (χ2v) is 7.18. The van der Waals surface area contributed by atoms with Crippen LogP contribution in [0.15, 0.2) is 35.7 Å². The lowest BCUT2D eigenvalue weighted by Gasteiger charge is -2.15. The third kappa shape index (κ3) is 2.80. The smallest absolute Gasteiger partial charge is 0.264 e. The number of amides is 1. The minimum atomic E-state index is 0.0579. The maximum absolute atomic E-state index is 12.5. The fraction of sp³-hybridized carbons (Fsp3) is 0.188. The van der Waals surface area contributed by atoms with Gasteiger partial charge >= 0.3 is 0 Å². The van der Waals surface area contributed by atoms with Gasteiger partial charge in [0.05, 0.1) is 11.4 Å². The number of fused-ring (bicyclic) bond motifs is 1. The Hall–Kier alpha value is -1.85. The van der Waals surface area contributed by atoms with Gasteiger partial charge in [-0.1, -0.05) is 0 Å². The molecule has 0 saturated carbocycles. The summed E-state index contributed by atoms with van der Waals surface area (Å²) in [6.45, 7) is 2.73. The molecule has 2 aromatic heterocycles. The molecule has 1 aromatic carbocycles. The Morgan fingerprint density at radius 2 is 2.10 bits per heavy atom. The van der Waals surface area contributed by atoms with Gasteiger partial charge in [0, 0.05) is 22.3 Å². The number of hydrogen-bond donors (Lipinski definition) is 1. The van der Waals surface area contributed by atoms with E-state index in [0.717, 1.165) is 20.7 Å². The Kier molecular flexibility index (Phi) is 3.69. The lowest BCUT2D eigenvalue weighted by Crippen LogP contribution is -2.25. The molecule has 2 heterocycles. The molecular weight excluding hydrogens is 300 g/mol. The molecule has 0 unspecified atom stereocenters. The summed E-state index contributed by atoms with van der Waals surface area (Å²) in [5.41, 5.74) is 7.75. The van der Waals surface area contributed by atoms with Gasteiger partial charge in [0.1, 0.15) is 0 Å². The van der Waals surface area contributed by atoms with Crippen molar-refractivity contribution in [2.24, 2.45) is 0 Å². The normalized spacial score (nSPS) is 11.0. The first-order valence-corrected chi connectivity index (χ1v) is 8.32. The number of benzene rings is 1. The van der Waals surface area contributed by atoms with Crippen LogP contribution in [0.2, 0.25) is 0 Å². The quantitative estimate of drug-likeness (QED) is 0.739. The minimum absolute atomic E-state index is 0.0579. The van der Waals surface area contributed by atoms with Crippen molar-refractivity contribution in [1.29, 1.82) is 0 Å². The number of anilines is 1. The highest BCUT2D eigenvalue weighted by molar-refractivity contribution is 7.20. The van der Waals surface area contributed by atoms with E-state index in [4.69, 9.17) is 5.73 Å². The topological polar surface area (TPSA) is 46.3 Å². The molecule has 2 N–H and O–H groups in total. The summed E-state index contributed by atoms with van der Waals surface area (Å²) in [5.74, 6) is 0.0579. The largest absolute Gasteiger partial charge is 0.399 e. The average molecular weight is 316 g/mol. The first-order chi connectivity index (χ1) is 10.0. The predicted molar refractivity (Wildman–Crippen MR) is 91.1 cm³/mol. The minimum Gasteiger partial charge on any atom is -0.399 e. The SMILES string of the molecule is Cc1ccsc1CN(C)C(=O)c1cc2cc(N)ccc2s1. The molecule has 108 valence electrons. The Bertz CT molecular complexity index is 804. The summed E-state index contributed by atoms with van der Waals surface area (Å²) in [5, 5.41) is 3.09. The van der Waals surface area contributed by atoms with Crippen LogP contribution in [0.4, 0.5) is 5.69 Å². The molecule has 21 heavy (non-hydrogen) atoms. The van der Waals surface area contributed by atoms with E-state index in [9.17, 15) is 4.79 Å². The van der Waals surface area contributed by atoms with E-state index in [1.54, 1.807) is 16.2 Å². The molecule has 0 aliphatic heterocycles. The van der Waals surface area contributed by atoms with Crippen LogP contribution in [0, 0.1) is 6.92 Å². The summed E-state index contributed by atoms with van der Waals surface area (Å²) < 4.78 is 1.09. The molecule has 0 atom stereocenters. The van der Waals surface area contributed by atoms with Gasteiger partial charge in [0.25, 0.3) is 5.91 Å². The first kappa shape index (κ1) is 14.1. The van der Waals surface area contributed by atoms with Crippen LogP contribution < -0.4 is 5.73 Å². The summed E-state index contributed by atoms with van der Waals surface area (Å²) in [4.78, 5) is 16.3. The second kappa shape index (κ2) is 5.50. The summed E-state index contributed by atoms with van der Waals surface area (Å²) >= 11 is 3.21. The van der Waals surface area contributed by atoms with Gasteiger partial charge < -0.3 is 10.6 Å². The van der Waals surface area contributed by atoms with Gasteiger partial charge in [-0.3, -0.25) is 4.79 Å². The van der Waals surface area contributed by atoms with E-state index in [2.05, 4.69) is 18.4 Å². The van der Waals surface area contributed by atoms with E-state index in [0.29, 0.717) is 6.54 Å². The Balaban J connectivity index is 1.84. The number of carbonyl (C=O) groups is 1. The molecule has 0 aliphatic carbocycles. The molecule has 0 saturated heterocycles. The molecule has 0 fully saturated rings. The zero-order chi connectivity index (χ0) is 15.0. The highest BCUT2D eigenvalue weighted by Crippen LogP contribution is 2.28. The first-order valence-electron chi connectivity index (χ1n) is 6.62. The fourth-order valence-corrected chi connectivity index (χ4v) is 4.20. The van der Waals surface area contributed by atoms with E-state index in [1.807, 2.05) is 31.3 Å². The van der Waals surface area contributed by atoms with Crippen molar-refractivity contribution < 1.29 is 4.79 Å². The Labute approximate surface area is 131 Å². The van der Waals surface area contributed by atoms with E-state index >= 15 is 0 Å². The highest BCUT2D eigenvalue weighted by atomic mass is 32.1. The Morgan fingerprint density at radius 1 is 1.29 bits per heavy atom. The molecule has 3 aromatic rings. The molecule has 0 bridgehead atoms. The van der Waals surface area contributed by atoms with Crippen LogP contribution in [-0.2, 0) is 6.54 Å². The van der Waals surface area contributed by atoms with Gasteiger partial charge in [-0.2, -0.15) is 0 Å². The molecule has 0 aliphatic rings. The lowest BCUT2D eigenvalue weighted by molar-refractivity contribution is 0.0791. The van der Waals surface area contributed by atoms with Crippen molar-refractivity contribution >= 4 is 44.4 Å². The molecular formula is C16H16N2OS2. The summed E-state index contributed by atoms with van der Waals surface area (Å²) in [6.07, 6.45) is 0. The monoisotopic (exact) mass is 316 g/mol. The van der Waals surface area contributed by atoms with Crippen molar-refractivity contribution in [2.45, 2.75) is 13.5 Å². The number of thiophene rings is 2. The summed E-state index contributed by atoms with van der Waals surface area (Å²) in [7, 11) is 1.85. The van der Waals surface area contributed by atoms with Crippen molar-refractivity contribution in [2.75, 3.05) is 12.8 Å². The third-order valence-electron chi connectivity index (χ3n) is 3.45. The molecule has 1 amide bonds. The van der Waals surface area contributed by atoms with Crippen molar-refractivity contribution in [1.82, 2.24) is 4.90 Å². The van der Waals surface area contributed by atoms with E-state index in [1.165, 1.54) is 21.8 Å². The van der Waals surface area contributed by atoms with Crippen LogP contribution in [0.25, 0.3) is 10.1 Å². The highest BCUT2D eigenvalue weighted by Gasteiger charge is 2.16. The lowest BCUT2D eigenvalue weighted by atomic mass is 10.2. The van der Waals surface area contributed by atoms with Gasteiger partial charge in [0.2, 0.25) is 0 Å². The standard InChI is InChI=1S/C16H16N2OS2/c1-10-5-6-20-15(10)9-18(2)16(19)14-8-11-7-12(17)3-4-13(11)21-14/h3-8H,9,17H2,1-2H3. The summed E-state index contributed by atoms with van der Waals surface area (Å²) in [6, 6.07) is 9.75. The van der Waals surface area contributed by atoms with Gasteiger partial charge in [0.15, 0.2) is 0 Å².